The zero-order valence-electron chi connectivity index (χ0n) is 14.4. The van der Waals surface area contributed by atoms with E-state index in [2.05, 4.69) is 18.1 Å². The van der Waals surface area contributed by atoms with Crippen molar-refractivity contribution >= 4 is 29.3 Å². The number of anilines is 1. The van der Waals surface area contributed by atoms with Gasteiger partial charge >= 0.3 is 29.2 Å². The Balaban J connectivity index is 2.14. The van der Waals surface area contributed by atoms with E-state index in [1.165, 1.54) is 0 Å². The Kier molecular flexibility index (Phi) is 7.10. The maximum atomic E-state index is 11.9. The Morgan fingerprint density at radius 2 is 1.77 bits per heavy atom. The maximum Gasteiger partial charge on any atom is 0.490 e. The van der Waals surface area contributed by atoms with Crippen LogP contribution in [0.4, 0.5) is 5.82 Å². The fourth-order valence-corrected chi connectivity index (χ4v) is 5.31. The summed E-state index contributed by atoms with van der Waals surface area (Å²) in [4.78, 5) is 50.7. The molecule has 3 unspecified atom stereocenters. The third-order valence-corrected chi connectivity index (χ3v) is 7.23. The lowest BCUT2D eigenvalue weighted by Crippen LogP contribution is -2.54. The molecule has 0 saturated carbocycles. The molecule has 0 aliphatic carbocycles. The molecule has 0 amide bonds. The Bertz CT molecular complexity index is 995. The number of ether oxygens (including phenoxy) is 1. The van der Waals surface area contributed by atoms with Gasteiger partial charge in [-0.25, -0.2) is 18.5 Å². The van der Waals surface area contributed by atoms with Gasteiger partial charge in [0.2, 0.25) is 0 Å². The molecule has 30 heavy (non-hydrogen) atoms. The molecule has 1 aromatic rings. The van der Waals surface area contributed by atoms with Crippen LogP contribution in [0.1, 0.15) is 6.23 Å². The van der Waals surface area contributed by atoms with Gasteiger partial charge in [-0.1, -0.05) is 0 Å². The summed E-state index contributed by atoms with van der Waals surface area (Å²) >= 11 is 0. The summed E-state index contributed by atoms with van der Waals surface area (Å²) in [5, 5.41) is 20.2. The molecule has 1 fully saturated rings. The molecule has 1 saturated heterocycles. The zero-order valence-corrected chi connectivity index (χ0v) is 17.1. The molecule has 0 radical (unpaired) electrons. The first kappa shape index (κ1) is 25.2. The second kappa shape index (κ2) is 8.46. The molecule has 0 bridgehead atoms. The highest BCUT2D eigenvalue weighted by Gasteiger charge is 2.54. The van der Waals surface area contributed by atoms with Gasteiger partial charge in [0.15, 0.2) is 12.0 Å². The number of aliphatic hydroxyl groups is 2. The molecule has 10 N–H and O–H groups in total. The number of aliphatic hydroxyl groups excluding tert-OH is 2. The first-order chi connectivity index (χ1) is 13.4. The number of nitrogens with two attached hydrogens (primary N) is 2. The van der Waals surface area contributed by atoms with Gasteiger partial charge in [-0.3, -0.25) is 14.8 Å². The zero-order chi connectivity index (χ0) is 23.1. The van der Waals surface area contributed by atoms with Gasteiger partial charge in [-0.05, 0) is 6.07 Å². The Morgan fingerprint density at radius 3 is 2.30 bits per heavy atom. The fraction of sp³-hybridized carbons (Fsp3) is 0.556. The maximum absolute atomic E-state index is 11.9. The monoisotopic (exact) mass is 498 g/mol. The van der Waals surface area contributed by atoms with Gasteiger partial charge in [0.05, 0.1) is 0 Å². The molecule has 0 aromatic carbocycles. The van der Waals surface area contributed by atoms with Gasteiger partial charge in [0, 0.05) is 6.20 Å². The molecule has 1 aliphatic rings. The van der Waals surface area contributed by atoms with E-state index < -0.39 is 59.9 Å². The smallest absolute Gasteiger partial charge is 0.386 e. The minimum atomic E-state index is -5.78. The van der Waals surface area contributed by atoms with Gasteiger partial charge in [-0.2, -0.15) is 13.6 Å². The molecule has 172 valence electrons. The molecule has 2 rings (SSSR count). The lowest BCUT2D eigenvalue weighted by molar-refractivity contribution is -0.123. The minimum Gasteiger partial charge on any atom is -0.386 e. The molecule has 21 heteroatoms. The Labute approximate surface area is 166 Å². The first-order valence-corrected chi connectivity index (χ1v) is 11.9. The number of hydrogen-bond donors (Lipinski definition) is 8. The predicted octanol–water partition coefficient (Wildman–Crippen LogP) is -2.93. The van der Waals surface area contributed by atoms with Crippen molar-refractivity contribution in [1.82, 2.24) is 9.55 Å². The van der Waals surface area contributed by atoms with Crippen LogP contribution < -0.4 is 17.2 Å². The number of phosphoric acid groups is 3. The number of aromatic nitrogens is 2. The van der Waals surface area contributed by atoms with Crippen molar-refractivity contribution in [3.05, 3.63) is 22.7 Å². The van der Waals surface area contributed by atoms with E-state index in [0.717, 1.165) is 12.3 Å². The highest BCUT2D eigenvalue weighted by Crippen LogP contribution is 2.66. The van der Waals surface area contributed by atoms with E-state index in [1.54, 1.807) is 0 Å². The van der Waals surface area contributed by atoms with Crippen LogP contribution in [0.3, 0.4) is 0 Å². The quantitative estimate of drug-likeness (QED) is 0.166. The summed E-state index contributed by atoms with van der Waals surface area (Å²) in [5.41, 5.74) is 7.55. The molecule has 1 aromatic heterocycles. The highest BCUT2D eigenvalue weighted by atomic mass is 31.3. The summed E-state index contributed by atoms with van der Waals surface area (Å²) in [5.74, 6) is -0.157. The lowest BCUT2D eigenvalue weighted by atomic mass is 10.1. The minimum absolute atomic E-state index is 0.157. The van der Waals surface area contributed by atoms with E-state index in [4.69, 9.17) is 30.9 Å². The van der Waals surface area contributed by atoms with Crippen LogP contribution in [-0.2, 0) is 31.6 Å². The fourth-order valence-electron chi connectivity index (χ4n) is 2.26. The van der Waals surface area contributed by atoms with E-state index in [-0.39, 0.29) is 5.82 Å². The van der Waals surface area contributed by atoms with Crippen molar-refractivity contribution in [2.75, 3.05) is 12.3 Å². The highest BCUT2D eigenvalue weighted by molar-refractivity contribution is 7.66. The standard InChI is InChI=1S/C9H17N4O14P3/c10-4-1-2-13(8(16)12-4)7-5(14)6(15)9(11,25-7)3-24-29(20,21)27-30(22,23)26-28(17,18)19/h1-2,5-7,14-15H,3,11H2,(H,20,21)(H,22,23)(H2,10,12,16)(H2,17,18,19)/t5-,6+,7?,9-/m1/s1. The number of nitrogen functional groups attached to an aromatic ring is 1. The SMILES string of the molecule is Nc1ccn(C2O[C@](N)(COP(=O)(O)OP(=O)(O)OP(=O)(O)O)[C@@H](O)[C@H]2O)c(=O)n1. The van der Waals surface area contributed by atoms with Crippen molar-refractivity contribution in [3.63, 3.8) is 0 Å². The van der Waals surface area contributed by atoms with E-state index in [1.807, 2.05) is 0 Å². The van der Waals surface area contributed by atoms with Gasteiger partial charge in [0.1, 0.15) is 24.6 Å². The predicted molar refractivity (Wildman–Crippen MR) is 91.8 cm³/mol. The normalized spacial score (nSPS) is 31.2. The van der Waals surface area contributed by atoms with E-state index in [9.17, 15) is 33.6 Å². The summed E-state index contributed by atoms with van der Waals surface area (Å²) in [7, 11) is -16.9. The Morgan fingerprint density at radius 1 is 1.17 bits per heavy atom. The van der Waals surface area contributed by atoms with E-state index >= 15 is 0 Å². The van der Waals surface area contributed by atoms with Crippen molar-refractivity contribution in [2.45, 2.75) is 24.2 Å². The van der Waals surface area contributed by atoms with Gasteiger partial charge < -0.3 is 40.3 Å². The summed E-state index contributed by atoms with van der Waals surface area (Å²) in [6.45, 7) is -1.28. The second-order valence-electron chi connectivity index (χ2n) is 5.81. The van der Waals surface area contributed by atoms with Crippen LogP contribution in [0.5, 0.6) is 0 Å². The largest absolute Gasteiger partial charge is 0.490 e. The second-order valence-corrected chi connectivity index (χ2v) is 10.2. The summed E-state index contributed by atoms with van der Waals surface area (Å²) in [6.07, 6.45) is -4.49. The third-order valence-electron chi connectivity index (χ3n) is 3.45. The van der Waals surface area contributed by atoms with Gasteiger partial charge in [-0.15, -0.1) is 0 Å². The number of nitrogens with zero attached hydrogens (tertiary/aromatic N) is 2. The third kappa shape index (κ3) is 6.23. The summed E-state index contributed by atoms with van der Waals surface area (Å²) < 4.78 is 50.8. The van der Waals surface area contributed by atoms with Crippen LogP contribution in [0.2, 0.25) is 0 Å². The van der Waals surface area contributed by atoms with Crippen LogP contribution in [0.25, 0.3) is 0 Å². The van der Waals surface area contributed by atoms with Crippen molar-refractivity contribution in [1.29, 1.82) is 0 Å². The van der Waals surface area contributed by atoms with Crippen LogP contribution in [0, 0.1) is 0 Å². The van der Waals surface area contributed by atoms with Crippen molar-refractivity contribution in [3.8, 4) is 0 Å². The number of rotatable bonds is 8. The summed E-state index contributed by atoms with van der Waals surface area (Å²) in [6, 6.07) is 1.16. The van der Waals surface area contributed by atoms with Crippen molar-refractivity contribution in [2.24, 2.45) is 5.73 Å². The first-order valence-electron chi connectivity index (χ1n) is 7.41. The molecular formula is C9H17N4O14P3. The van der Waals surface area contributed by atoms with E-state index in [0.29, 0.717) is 4.57 Å². The average Bonchev–Trinajstić information content (AvgIpc) is 2.75. The molecular weight excluding hydrogens is 481 g/mol. The average molecular weight is 498 g/mol. The van der Waals surface area contributed by atoms with Crippen LogP contribution >= 0.6 is 23.5 Å². The molecule has 2 heterocycles. The lowest BCUT2D eigenvalue weighted by Gasteiger charge is -2.27. The number of phosphoric ester groups is 1. The Hall–Kier alpha value is -1.07. The molecule has 0 spiro atoms. The van der Waals surface area contributed by atoms with Crippen molar-refractivity contribution < 1.29 is 61.4 Å². The van der Waals surface area contributed by atoms with Crippen LogP contribution in [0.15, 0.2) is 17.1 Å². The molecule has 1 aliphatic heterocycles. The molecule has 6 atom stereocenters. The topological polar surface area (TPSA) is 296 Å². The van der Waals surface area contributed by atoms with Crippen LogP contribution in [-0.4, -0.2) is 63.9 Å². The molecule has 18 nitrogen and oxygen atoms in total. The van der Waals surface area contributed by atoms with Gasteiger partial charge in [0.25, 0.3) is 0 Å². The number of hydrogen-bond acceptors (Lipinski definition) is 13.